The molecule has 0 saturated carbocycles. The number of rotatable bonds is 4. The van der Waals surface area contributed by atoms with Crippen LogP contribution in [0.5, 0.6) is 0 Å². The fraction of sp³-hybridized carbons (Fsp3) is 0.0714. The van der Waals surface area contributed by atoms with Gasteiger partial charge in [0.2, 0.25) is 5.91 Å². The largest absolute Gasteiger partial charge is 0.398 e. The predicted molar refractivity (Wildman–Crippen MR) is 83.0 cm³/mol. The highest BCUT2D eigenvalue weighted by Gasteiger charge is 2.13. The molecule has 0 radical (unpaired) electrons. The van der Waals surface area contributed by atoms with E-state index in [1.165, 1.54) is 23.9 Å². The van der Waals surface area contributed by atoms with Crippen LogP contribution < -0.4 is 11.5 Å². The third-order valence-electron chi connectivity index (χ3n) is 2.78. The Morgan fingerprint density at radius 3 is 2.24 bits per heavy atom. The van der Waals surface area contributed by atoms with Crippen molar-refractivity contribution in [3.8, 4) is 0 Å². The molecule has 0 heterocycles. The molecule has 5 nitrogen and oxygen atoms in total. The molecule has 0 fully saturated rings. The zero-order valence-electron chi connectivity index (χ0n) is 11.2. The van der Waals surface area contributed by atoms with Crippen LogP contribution in [0, 0.1) is 0 Å². The van der Waals surface area contributed by atoms with Crippen LogP contribution in [0.1, 0.15) is 10.4 Å². The lowest BCUT2D eigenvalue weighted by Gasteiger charge is -2.09. The van der Waals surface area contributed by atoms with Gasteiger partial charge in [-0.1, -0.05) is 17.8 Å². The summed E-state index contributed by atoms with van der Waals surface area (Å²) in [6.07, 6.45) is 1.15. The second-order valence-corrected chi connectivity index (χ2v) is 7.53. The molecule has 7 heteroatoms. The molecule has 21 heavy (non-hydrogen) atoms. The lowest BCUT2D eigenvalue weighted by atomic mass is 10.2. The number of carbonyl (C=O) groups excluding carboxylic acids is 1. The summed E-state index contributed by atoms with van der Waals surface area (Å²) in [6, 6.07) is 11.3. The number of benzene rings is 2. The predicted octanol–water partition coefficient (Wildman–Crippen LogP) is 1.92. The Morgan fingerprint density at radius 1 is 1.10 bits per heavy atom. The summed E-state index contributed by atoms with van der Waals surface area (Å²) in [5.41, 5.74) is 12.0. The van der Waals surface area contributed by atoms with Crippen LogP contribution >= 0.6 is 11.8 Å². The molecule has 0 aromatic heterocycles. The van der Waals surface area contributed by atoms with Crippen LogP contribution in [0.25, 0.3) is 0 Å². The zero-order valence-corrected chi connectivity index (χ0v) is 12.9. The summed E-state index contributed by atoms with van der Waals surface area (Å²) in [5.74, 6) is -0.558. The summed E-state index contributed by atoms with van der Waals surface area (Å²) in [7, 11) is -3.23. The third kappa shape index (κ3) is 3.56. The first kappa shape index (κ1) is 15.4. The van der Waals surface area contributed by atoms with Gasteiger partial charge in [0.1, 0.15) is 0 Å². The number of sulfone groups is 1. The Morgan fingerprint density at radius 2 is 1.71 bits per heavy atom. The smallest absolute Gasteiger partial charge is 0.249 e. The molecule has 2 rings (SSSR count). The van der Waals surface area contributed by atoms with E-state index in [2.05, 4.69) is 0 Å². The molecule has 1 amide bonds. The highest BCUT2D eigenvalue weighted by atomic mass is 32.2. The first-order valence-corrected chi connectivity index (χ1v) is 8.66. The Balaban J connectivity index is 2.37. The van der Waals surface area contributed by atoms with Gasteiger partial charge in [0.05, 0.1) is 10.5 Å². The summed E-state index contributed by atoms with van der Waals surface area (Å²) in [4.78, 5) is 13.0. The van der Waals surface area contributed by atoms with Crippen LogP contribution in [0.2, 0.25) is 0 Å². The number of nitrogens with two attached hydrogens (primary N) is 2. The molecule has 0 spiro atoms. The van der Waals surface area contributed by atoms with Gasteiger partial charge in [-0.15, -0.1) is 0 Å². The van der Waals surface area contributed by atoms with Crippen molar-refractivity contribution in [3.63, 3.8) is 0 Å². The number of primary amides is 1. The Kier molecular flexibility index (Phi) is 4.24. The van der Waals surface area contributed by atoms with Crippen molar-refractivity contribution >= 4 is 33.2 Å². The van der Waals surface area contributed by atoms with E-state index < -0.39 is 15.7 Å². The molecular weight excluding hydrogens is 308 g/mol. The van der Waals surface area contributed by atoms with Crippen LogP contribution in [-0.2, 0) is 9.84 Å². The summed E-state index contributed by atoms with van der Waals surface area (Å²) in [5, 5.41) is 0. The SMILES string of the molecule is CS(=O)(=O)c1ccc(Sc2c(N)cccc2C(N)=O)cc1. The lowest BCUT2D eigenvalue weighted by molar-refractivity contribution is 0.0997. The van der Waals surface area contributed by atoms with E-state index in [0.717, 1.165) is 11.2 Å². The van der Waals surface area contributed by atoms with E-state index in [4.69, 9.17) is 11.5 Å². The van der Waals surface area contributed by atoms with Crippen molar-refractivity contribution in [2.24, 2.45) is 5.73 Å². The first-order valence-electron chi connectivity index (χ1n) is 5.95. The topological polar surface area (TPSA) is 103 Å². The van der Waals surface area contributed by atoms with Crippen LogP contribution in [0.3, 0.4) is 0 Å². The quantitative estimate of drug-likeness (QED) is 0.837. The number of nitrogen functional groups attached to an aromatic ring is 1. The van der Waals surface area contributed by atoms with Crippen molar-refractivity contribution < 1.29 is 13.2 Å². The summed E-state index contributed by atoms with van der Waals surface area (Å²) in [6.45, 7) is 0. The minimum atomic E-state index is -3.23. The van der Waals surface area contributed by atoms with Crippen molar-refractivity contribution in [2.75, 3.05) is 12.0 Å². The van der Waals surface area contributed by atoms with Gasteiger partial charge in [0.25, 0.3) is 0 Å². The Labute approximate surface area is 127 Å². The average molecular weight is 322 g/mol. The van der Waals surface area contributed by atoms with Gasteiger partial charge in [0.15, 0.2) is 9.84 Å². The lowest BCUT2D eigenvalue weighted by Crippen LogP contribution is -2.13. The first-order chi connectivity index (χ1) is 9.79. The van der Waals surface area contributed by atoms with Gasteiger partial charge < -0.3 is 11.5 Å². The molecular formula is C14H14N2O3S2. The van der Waals surface area contributed by atoms with Gasteiger partial charge in [-0.05, 0) is 36.4 Å². The number of hydrogen-bond acceptors (Lipinski definition) is 5. The molecule has 2 aromatic rings. The van der Waals surface area contributed by atoms with Gasteiger partial charge in [-0.2, -0.15) is 0 Å². The zero-order chi connectivity index (χ0) is 15.6. The molecule has 0 saturated heterocycles. The number of hydrogen-bond donors (Lipinski definition) is 2. The fourth-order valence-corrected chi connectivity index (χ4v) is 3.34. The highest BCUT2D eigenvalue weighted by molar-refractivity contribution is 7.99. The van der Waals surface area contributed by atoms with E-state index in [1.807, 2.05) is 0 Å². The molecule has 0 unspecified atom stereocenters. The summed E-state index contributed by atoms with van der Waals surface area (Å²) >= 11 is 1.27. The molecule has 110 valence electrons. The molecule has 0 aliphatic rings. The molecule has 2 aromatic carbocycles. The van der Waals surface area contributed by atoms with Crippen LogP contribution in [0.15, 0.2) is 57.2 Å². The van der Waals surface area contributed by atoms with Crippen LogP contribution in [-0.4, -0.2) is 20.6 Å². The van der Waals surface area contributed by atoms with E-state index in [9.17, 15) is 13.2 Å². The van der Waals surface area contributed by atoms with E-state index >= 15 is 0 Å². The van der Waals surface area contributed by atoms with Crippen LogP contribution in [0.4, 0.5) is 5.69 Å². The Bertz CT molecular complexity index is 784. The van der Waals surface area contributed by atoms with Gasteiger partial charge in [-0.3, -0.25) is 4.79 Å². The third-order valence-corrected chi connectivity index (χ3v) is 5.08. The minimum Gasteiger partial charge on any atom is -0.398 e. The van der Waals surface area contributed by atoms with E-state index in [0.29, 0.717) is 16.1 Å². The Hall–Kier alpha value is -1.99. The van der Waals surface area contributed by atoms with E-state index in [1.54, 1.807) is 30.3 Å². The fourth-order valence-electron chi connectivity index (χ4n) is 1.74. The maximum atomic E-state index is 11.4. The maximum absolute atomic E-state index is 11.4. The van der Waals surface area contributed by atoms with Gasteiger partial charge in [0, 0.05) is 21.7 Å². The molecule has 4 N–H and O–H groups in total. The van der Waals surface area contributed by atoms with Crippen molar-refractivity contribution in [2.45, 2.75) is 14.7 Å². The van der Waals surface area contributed by atoms with E-state index in [-0.39, 0.29) is 4.90 Å². The maximum Gasteiger partial charge on any atom is 0.249 e. The second kappa shape index (κ2) is 5.79. The molecule has 0 atom stereocenters. The summed E-state index contributed by atoms with van der Waals surface area (Å²) < 4.78 is 22.8. The number of anilines is 1. The molecule has 0 bridgehead atoms. The van der Waals surface area contributed by atoms with Crippen molar-refractivity contribution in [3.05, 3.63) is 48.0 Å². The van der Waals surface area contributed by atoms with Crippen molar-refractivity contribution in [1.82, 2.24) is 0 Å². The average Bonchev–Trinajstić information content (AvgIpc) is 2.40. The normalized spacial score (nSPS) is 11.3. The van der Waals surface area contributed by atoms with Gasteiger partial charge in [-0.25, -0.2) is 8.42 Å². The second-order valence-electron chi connectivity index (χ2n) is 4.43. The standard InChI is InChI=1S/C14H14N2O3S2/c1-21(18,19)10-7-5-9(6-8-10)20-13-11(14(16)17)3-2-4-12(13)15/h2-8H,15H2,1H3,(H2,16,17). The number of amides is 1. The molecule has 0 aliphatic heterocycles. The molecule has 0 aliphatic carbocycles. The number of carbonyl (C=O) groups is 1. The monoisotopic (exact) mass is 322 g/mol. The minimum absolute atomic E-state index is 0.239. The highest BCUT2D eigenvalue weighted by Crippen LogP contribution is 2.35. The van der Waals surface area contributed by atoms with Gasteiger partial charge >= 0.3 is 0 Å². The van der Waals surface area contributed by atoms with Crippen molar-refractivity contribution in [1.29, 1.82) is 0 Å².